The van der Waals surface area contributed by atoms with Crippen LogP contribution < -0.4 is 5.32 Å². The first-order valence-electron chi connectivity index (χ1n) is 6.38. The largest absolute Gasteiger partial charge is 0.310 e. The highest BCUT2D eigenvalue weighted by Gasteiger charge is 2.15. The summed E-state index contributed by atoms with van der Waals surface area (Å²) in [6.45, 7) is 3.01. The Labute approximate surface area is 141 Å². The first-order valence-corrected chi connectivity index (χ1v) is 8.34. The molecule has 2 rings (SSSR count). The van der Waals surface area contributed by atoms with E-state index in [2.05, 4.69) is 61.2 Å². The molecule has 0 aliphatic heterocycles. The Bertz CT molecular complexity index is 590. The molecule has 5 heteroatoms. The third-order valence-corrected chi connectivity index (χ3v) is 4.35. The second-order valence-electron chi connectivity index (χ2n) is 4.49. The van der Waals surface area contributed by atoms with Gasteiger partial charge < -0.3 is 5.32 Å². The fourth-order valence-electron chi connectivity index (χ4n) is 2.13. The number of likely N-dealkylation sites (N-methyl/N-ethyl adjacent to an activating group) is 1. The van der Waals surface area contributed by atoms with Gasteiger partial charge in [0.15, 0.2) is 0 Å². The minimum Gasteiger partial charge on any atom is -0.310 e. The average Bonchev–Trinajstić information content (AvgIpc) is 2.38. The minimum absolute atomic E-state index is 0.225. The third kappa shape index (κ3) is 4.29. The molecule has 0 amide bonds. The number of nitrogens with one attached hydrogen (secondary N) is 1. The standard InChI is InChI=1S/C15H15Br2ClN2/c1-2-20-15(6-10-5-11(16)9-19-8-10)13-4-3-12(18)7-14(13)17/h3-5,7-9,15,20H,2,6H2,1H3. The first-order chi connectivity index (χ1) is 9.60. The summed E-state index contributed by atoms with van der Waals surface area (Å²) >= 11 is 13.1. The van der Waals surface area contributed by atoms with Crippen LogP contribution in [-0.2, 0) is 6.42 Å². The summed E-state index contributed by atoms with van der Waals surface area (Å²) < 4.78 is 2.03. The van der Waals surface area contributed by atoms with Gasteiger partial charge in [-0.25, -0.2) is 0 Å². The highest BCUT2D eigenvalue weighted by molar-refractivity contribution is 9.10. The number of rotatable bonds is 5. The molecule has 1 aromatic carbocycles. The topological polar surface area (TPSA) is 24.9 Å². The molecule has 0 saturated heterocycles. The van der Waals surface area contributed by atoms with Crippen molar-refractivity contribution < 1.29 is 0 Å². The summed E-state index contributed by atoms with van der Waals surface area (Å²) in [5, 5.41) is 4.25. The molecule has 20 heavy (non-hydrogen) atoms. The normalized spacial score (nSPS) is 12.4. The zero-order valence-electron chi connectivity index (χ0n) is 11.0. The summed E-state index contributed by atoms with van der Waals surface area (Å²) in [5.41, 5.74) is 2.39. The lowest BCUT2D eigenvalue weighted by molar-refractivity contribution is 0.547. The third-order valence-electron chi connectivity index (χ3n) is 2.99. The number of halogens is 3. The Hall–Kier alpha value is -0.420. The molecule has 0 aliphatic carbocycles. The Morgan fingerprint density at radius 1 is 1.25 bits per heavy atom. The van der Waals surface area contributed by atoms with Crippen LogP contribution in [-0.4, -0.2) is 11.5 Å². The van der Waals surface area contributed by atoms with Crippen molar-refractivity contribution in [1.29, 1.82) is 0 Å². The maximum Gasteiger partial charge on any atom is 0.0417 e. The SMILES string of the molecule is CCNC(Cc1cncc(Br)c1)c1ccc(Cl)cc1Br. The van der Waals surface area contributed by atoms with Gasteiger partial charge in [-0.1, -0.05) is 40.5 Å². The van der Waals surface area contributed by atoms with Crippen molar-refractivity contribution in [3.05, 3.63) is 61.8 Å². The number of hydrogen-bond acceptors (Lipinski definition) is 2. The molecule has 2 aromatic rings. The van der Waals surface area contributed by atoms with E-state index in [9.17, 15) is 0 Å². The van der Waals surface area contributed by atoms with Crippen molar-refractivity contribution in [2.75, 3.05) is 6.54 Å². The van der Waals surface area contributed by atoms with Crippen molar-refractivity contribution in [1.82, 2.24) is 10.3 Å². The van der Waals surface area contributed by atoms with E-state index in [0.29, 0.717) is 0 Å². The van der Waals surface area contributed by atoms with E-state index in [4.69, 9.17) is 11.6 Å². The lowest BCUT2D eigenvalue weighted by Gasteiger charge is -2.20. The smallest absolute Gasteiger partial charge is 0.0417 e. The van der Waals surface area contributed by atoms with E-state index >= 15 is 0 Å². The van der Waals surface area contributed by atoms with Gasteiger partial charge in [-0.15, -0.1) is 0 Å². The van der Waals surface area contributed by atoms with Crippen molar-refractivity contribution in [3.8, 4) is 0 Å². The van der Waals surface area contributed by atoms with Crippen LogP contribution in [0.15, 0.2) is 45.6 Å². The molecule has 106 valence electrons. The molecule has 0 aliphatic rings. The second kappa shape index (κ2) is 7.55. The van der Waals surface area contributed by atoms with Gasteiger partial charge in [-0.3, -0.25) is 4.98 Å². The van der Waals surface area contributed by atoms with Gasteiger partial charge in [0.2, 0.25) is 0 Å². The van der Waals surface area contributed by atoms with Crippen LogP contribution >= 0.6 is 43.5 Å². The highest BCUT2D eigenvalue weighted by Crippen LogP contribution is 2.29. The summed E-state index contributed by atoms with van der Waals surface area (Å²) in [6, 6.07) is 8.24. The van der Waals surface area contributed by atoms with Crippen LogP contribution in [0.4, 0.5) is 0 Å². The fourth-order valence-corrected chi connectivity index (χ4v) is 3.50. The van der Waals surface area contributed by atoms with Crippen LogP contribution in [0.2, 0.25) is 5.02 Å². The zero-order valence-corrected chi connectivity index (χ0v) is 15.0. The van der Waals surface area contributed by atoms with Crippen molar-refractivity contribution >= 4 is 43.5 Å². The number of benzene rings is 1. The number of pyridine rings is 1. The van der Waals surface area contributed by atoms with Crippen molar-refractivity contribution in [2.24, 2.45) is 0 Å². The van der Waals surface area contributed by atoms with E-state index in [1.165, 1.54) is 11.1 Å². The molecular formula is C15H15Br2ClN2. The molecule has 0 spiro atoms. The monoisotopic (exact) mass is 416 g/mol. The van der Waals surface area contributed by atoms with Gasteiger partial charge in [0, 0.05) is 32.4 Å². The molecule has 0 bridgehead atoms. The van der Waals surface area contributed by atoms with E-state index in [-0.39, 0.29) is 6.04 Å². The molecule has 1 unspecified atom stereocenters. The van der Waals surface area contributed by atoms with E-state index in [1.807, 2.05) is 18.3 Å². The molecule has 1 N–H and O–H groups in total. The zero-order chi connectivity index (χ0) is 14.5. The number of nitrogens with zero attached hydrogens (tertiary/aromatic N) is 1. The van der Waals surface area contributed by atoms with Crippen LogP contribution in [0.25, 0.3) is 0 Å². The highest BCUT2D eigenvalue weighted by atomic mass is 79.9. The Kier molecular flexibility index (Phi) is 6.02. The van der Waals surface area contributed by atoms with Gasteiger partial charge in [0.1, 0.15) is 0 Å². The van der Waals surface area contributed by atoms with Crippen molar-refractivity contribution in [2.45, 2.75) is 19.4 Å². The Morgan fingerprint density at radius 3 is 2.70 bits per heavy atom. The minimum atomic E-state index is 0.225. The average molecular weight is 419 g/mol. The summed E-state index contributed by atoms with van der Waals surface area (Å²) in [7, 11) is 0. The predicted octanol–water partition coefficient (Wildman–Crippen LogP) is 5.15. The second-order valence-corrected chi connectivity index (χ2v) is 6.70. The van der Waals surface area contributed by atoms with E-state index in [0.717, 1.165) is 26.9 Å². The molecule has 2 nitrogen and oxygen atoms in total. The van der Waals surface area contributed by atoms with Gasteiger partial charge in [-0.2, -0.15) is 0 Å². The predicted molar refractivity (Wildman–Crippen MR) is 91.2 cm³/mol. The maximum atomic E-state index is 6.01. The molecule has 1 aromatic heterocycles. The molecule has 0 fully saturated rings. The summed E-state index contributed by atoms with van der Waals surface area (Å²) in [6.07, 6.45) is 4.57. The van der Waals surface area contributed by atoms with Gasteiger partial charge in [0.25, 0.3) is 0 Å². The first kappa shape index (κ1) is 16.0. The summed E-state index contributed by atoms with van der Waals surface area (Å²) in [5.74, 6) is 0. The van der Waals surface area contributed by atoms with Crippen LogP contribution in [0.5, 0.6) is 0 Å². The van der Waals surface area contributed by atoms with E-state index in [1.54, 1.807) is 6.20 Å². The van der Waals surface area contributed by atoms with Gasteiger partial charge in [-0.05, 0) is 58.2 Å². The molecular weight excluding hydrogens is 403 g/mol. The van der Waals surface area contributed by atoms with Crippen LogP contribution in [0.1, 0.15) is 24.1 Å². The molecule has 0 radical (unpaired) electrons. The quantitative estimate of drug-likeness (QED) is 0.726. The molecule has 1 atom stereocenters. The lowest BCUT2D eigenvalue weighted by Crippen LogP contribution is -2.23. The lowest BCUT2D eigenvalue weighted by atomic mass is 10.00. The summed E-state index contributed by atoms with van der Waals surface area (Å²) in [4.78, 5) is 4.22. The fraction of sp³-hybridized carbons (Fsp3) is 0.267. The maximum absolute atomic E-state index is 6.01. The number of aromatic nitrogens is 1. The Balaban J connectivity index is 2.26. The Morgan fingerprint density at radius 2 is 2.05 bits per heavy atom. The van der Waals surface area contributed by atoms with Crippen molar-refractivity contribution in [3.63, 3.8) is 0 Å². The van der Waals surface area contributed by atoms with Gasteiger partial charge >= 0.3 is 0 Å². The van der Waals surface area contributed by atoms with Gasteiger partial charge in [0.05, 0.1) is 0 Å². The van der Waals surface area contributed by atoms with Crippen LogP contribution in [0, 0.1) is 0 Å². The van der Waals surface area contributed by atoms with Crippen LogP contribution in [0.3, 0.4) is 0 Å². The molecule has 1 heterocycles. The van der Waals surface area contributed by atoms with E-state index < -0.39 is 0 Å². The number of hydrogen-bond donors (Lipinski definition) is 1. The molecule has 0 saturated carbocycles.